The minimum Gasteiger partial charge on any atom is -0.356 e. The molecule has 1 saturated heterocycles. The first-order valence-corrected chi connectivity index (χ1v) is 10.1. The Bertz CT molecular complexity index is 719. The van der Waals surface area contributed by atoms with Crippen LogP contribution in [0.3, 0.4) is 0 Å². The Hall–Kier alpha value is -2.21. The summed E-state index contributed by atoms with van der Waals surface area (Å²) in [5.41, 5.74) is 1.08. The number of amides is 1. The fraction of sp³-hybridized carbons (Fsp3) is 0.571. The van der Waals surface area contributed by atoms with E-state index in [-0.39, 0.29) is 11.8 Å². The third kappa shape index (κ3) is 5.39. The Labute approximate surface area is 162 Å². The van der Waals surface area contributed by atoms with Crippen molar-refractivity contribution in [3.8, 4) is 11.4 Å². The second-order valence-electron chi connectivity index (χ2n) is 7.38. The number of nitrogens with one attached hydrogen (secondary N) is 1. The van der Waals surface area contributed by atoms with Crippen molar-refractivity contribution in [2.75, 3.05) is 19.6 Å². The van der Waals surface area contributed by atoms with Crippen LogP contribution in [-0.2, 0) is 11.5 Å². The molecule has 146 valence electrons. The number of carbonyl (C=O) groups excluding carboxylic acids is 1. The number of likely N-dealkylation sites (tertiary alicyclic amines) is 1. The van der Waals surface area contributed by atoms with Crippen LogP contribution in [0.15, 0.2) is 30.3 Å². The largest absolute Gasteiger partial charge is 0.356 e. The summed E-state index contributed by atoms with van der Waals surface area (Å²) in [6.45, 7) is 7.47. The van der Waals surface area contributed by atoms with Gasteiger partial charge in [-0.25, -0.2) is 9.67 Å². The molecule has 0 radical (unpaired) electrons. The normalized spacial score (nSPS) is 15.8. The van der Waals surface area contributed by atoms with Gasteiger partial charge in [0.15, 0.2) is 5.82 Å². The van der Waals surface area contributed by atoms with Crippen LogP contribution in [-0.4, -0.2) is 45.2 Å². The van der Waals surface area contributed by atoms with Crippen molar-refractivity contribution in [2.24, 2.45) is 5.92 Å². The third-order valence-electron chi connectivity index (χ3n) is 5.18. The first-order chi connectivity index (χ1) is 13.2. The van der Waals surface area contributed by atoms with E-state index in [1.54, 1.807) is 0 Å². The Balaban J connectivity index is 1.52. The highest BCUT2D eigenvalue weighted by atomic mass is 16.1. The number of hydrogen-bond acceptors (Lipinski definition) is 4. The molecule has 0 spiro atoms. The summed E-state index contributed by atoms with van der Waals surface area (Å²) in [4.78, 5) is 19.3. The second-order valence-corrected chi connectivity index (χ2v) is 7.38. The minimum atomic E-state index is 0.147. The number of rotatable bonds is 8. The van der Waals surface area contributed by atoms with Crippen molar-refractivity contribution >= 4 is 5.91 Å². The number of hydrogen-bond donors (Lipinski definition) is 1. The highest BCUT2D eigenvalue weighted by Gasteiger charge is 2.25. The van der Waals surface area contributed by atoms with Gasteiger partial charge in [-0.3, -0.25) is 9.69 Å². The maximum Gasteiger partial charge on any atom is 0.223 e. The van der Waals surface area contributed by atoms with Crippen molar-refractivity contribution in [3.63, 3.8) is 0 Å². The average molecular weight is 370 g/mol. The van der Waals surface area contributed by atoms with E-state index in [0.717, 1.165) is 62.8 Å². The molecular weight excluding hydrogens is 338 g/mol. The van der Waals surface area contributed by atoms with E-state index in [0.29, 0.717) is 0 Å². The molecule has 0 atom stereocenters. The van der Waals surface area contributed by atoms with Crippen molar-refractivity contribution < 1.29 is 4.79 Å². The number of aromatic nitrogens is 3. The molecule has 0 saturated carbocycles. The fourth-order valence-electron chi connectivity index (χ4n) is 3.61. The zero-order chi connectivity index (χ0) is 19.1. The molecule has 1 aliphatic rings. The van der Waals surface area contributed by atoms with Crippen LogP contribution in [0.1, 0.15) is 44.9 Å². The molecule has 1 aromatic carbocycles. The topological polar surface area (TPSA) is 63.1 Å². The Morgan fingerprint density at radius 3 is 2.63 bits per heavy atom. The van der Waals surface area contributed by atoms with Crippen molar-refractivity contribution in [2.45, 2.75) is 52.6 Å². The summed E-state index contributed by atoms with van der Waals surface area (Å²) < 4.78 is 1.98. The molecule has 1 amide bonds. The van der Waals surface area contributed by atoms with E-state index < -0.39 is 0 Å². The average Bonchev–Trinajstić information content (AvgIpc) is 3.06. The van der Waals surface area contributed by atoms with E-state index in [1.807, 2.05) is 29.8 Å². The SMILES string of the molecule is CCCCCNC(=O)C1CCN(Cn2nc(C)nc2-c2ccccc2)CC1. The predicted octanol–water partition coefficient (Wildman–Crippen LogP) is 3.23. The third-order valence-corrected chi connectivity index (χ3v) is 5.18. The van der Waals surface area contributed by atoms with E-state index >= 15 is 0 Å². The number of carbonyl (C=O) groups is 1. The van der Waals surface area contributed by atoms with Gasteiger partial charge in [0.25, 0.3) is 0 Å². The van der Waals surface area contributed by atoms with Gasteiger partial charge >= 0.3 is 0 Å². The second kappa shape index (κ2) is 9.65. The number of nitrogens with zero attached hydrogens (tertiary/aromatic N) is 4. The molecular formula is C21H31N5O. The molecule has 6 heteroatoms. The summed E-state index contributed by atoms with van der Waals surface area (Å²) in [6.07, 6.45) is 5.26. The first kappa shape index (κ1) is 19.5. The smallest absolute Gasteiger partial charge is 0.223 e. The molecule has 3 rings (SSSR count). The van der Waals surface area contributed by atoms with Gasteiger partial charge in [0, 0.05) is 31.1 Å². The van der Waals surface area contributed by atoms with Crippen LogP contribution < -0.4 is 5.32 Å². The summed E-state index contributed by atoms with van der Waals surface area (Å²) in [7, 11) is 0. The van der Waals surface area contributed by atoms with Crippen LogP contribution in [0.25, 0.3) is 11.4 Å². The Kier molecular flexibility index (Phi) is 6.98. The van der Waals surface area contributed by atoms with Gasteiger partial charge in [-0.2, -0.15) is 5.10 Å². The maximum absolute atomic E-state index is 12.3. The van der Waals surface area contributed by atoms with Gasteiger partial charge in [-0.1, -0.05) is 50.1 Å². The number of piperidine rings is 1. The van der Waals surface area contributed by atoms with Gasteiger partial charge in [0.05, 0.1) is 6.67 Å². The molecule has 0 bridgehead atoms. The van der Waals surface area contributed by atoms with Crippen molar-refractivity contribution in [1.82, 2.24) is 25.0 Å². The molecule has 6 nitrogen and oxygen atoms in total. The van der Waals surface area contributed by atoms with E-state index in [1.165, 1.54) is 12.8 Å². The highest BCUT2D eigenvalue weighted by Crippen LogP contribution is 2.21. The molecule has 2 aromatic rings. The van der Waals surface area contributed by atoms with Gasteiger partial charge in [-0.05, 0) is 26.2 Å². The van der Waals surface area contributed by atoms with Gasteiger partial charge in [0.1, 0.15) is 5.82 Å². The van der Waals surface area contributed by atoms with Crippen LogP contribution in [0, 0.1) is 12.8 Å². The fourth-order valence-corrected chi connectivity index (χ4v) is 3.61. The molecule has 27 heavy (non-hydrogen) atoms. The minimum absolute atomic E-state index is 0.147. The number of unbranched alkanes of at least 4 members (excludes halogenated alkanes) is 2. The Morgan fingerprint density at radius 2 is 1.93 bits per heavy atom. The van der Waals surface area contributed by atoms with E-state index in [9.17, 15) is 4.79 Å². The lowest BCUT2D eigenvalue weighted by molar-refractivity contribution is -0.126. The lowest BCUT2D eigenvalue weighted by Gasteiger charge is -2.31. The number of aryl methyl sites for hydroxylation is 1. The van der Waals surface area contributed by atoms with E-state index in [4.69, 9.17) is 0 Å². The van der Waals surface area contributed by atoms with Crippen LogP contribution in [0.5, 0.6) is 0 Å². The maximum atomic E-state index is 12.3. The number of benzene rings is 1. The predicted molar refractivity (Wildman–Crippen MR) is 107 cm³/mol. The van der Waals surface area contributed by atoms with Crippen molar-refractivity contribution in [1.29, 1.82) is 0 Å². The molecule has 1 aromatic heterocycles. The van der Waals surface area contributed by atoms with Gasteiger partial charge in [0.2, 0.25) is 5.91 Å². The van der Waals surface area contributed by atoms with E-state index in [2.05, 4.69) is 39.4 Å². The molecule has 2 heterocycles. The molecule has 1 fully saturated rings. The van der Waals surface area contributed by atoms with Crippen LogP contribution in [0.2, 0.25) is 0 Å². The van der Waals surface area contributed by atoms with Crippen LogP contribution >= 0.6 is 0 Å². The lowest BCUT2D eigenvalue weighted by Crippen LogP contribution is -2.41. The highest BCUT2D eigenvalue weighted by molar-refractivity contribution is 5.78. The summed E-state index contributed by atoms with van der Waals surface area (Å²) in [5.74, 6) is 2.07. The quantitative estimate of drug-likeness (QED) is 0.726. The monoisotopic (exact) mass is 369 g/mol. The van der Waals surface area contributed by atoms with Gasteiger partial charge < -0.3 is 5.32 Å². The summed E-state index contributed by atoms with van der Waals surface area (Å²) in [5, 5.41) is 7.68. The first-order valence-electron chi connectivity index (χ1n) is 10.1. The molecule has 0 aliphatic carbocycles. The standard InChI is InChI=1S/C21H31N5O/c1-3-4-8-13-22-21(27)19-11-14-25(15-12-19)16-26-20(23-17(2)24-26)18-9-6-5-7-10-18/h5-7,9-10,19H,3-4,8,11-16H2,1-2H3,(H,22,27). The summed E-state index contributed by atoms with van der Waals surface area (Å²) >= 11 is 0. The summed E-state index contributed by atoms with van der Waals surface area (Å²) in [6, 6.07) is 10.2. The van der Waals surface area contributed by atoms with Crippen LogP contribution in [0.4, 0.5) is 0 Å². The molecule has 1 N–H and O–H groups in total. The zero-order valence-electron chi connectivity index (χ0n) is 16.5. The van der Waals surface area contributed by atoms with Gasteiger partial charge in [-0.15, -0.1) is 0 Å². The zero-order valence-corrected chi connectivity index (χ0v) is 16.5. The molecule has 1 aliphatic heterocycles. The lowest BCUT2D eigenvalue weighted by atomic mass is 9.96. The Morgan fingerprint density at radius 1 is 1.19 bits per heavy atom. The van der Waals surface area contributed by atoms with Crippen molar-refractivity contribution in [3.05, 3.63) is 36.2 Å². The molecule has 0 unspecified atom stereocenters.